The van der Waals surface area contributed by atoms with E-state index in [9.17, 15) is 4.79 Å². The molecule has 2 aliphatic rings. The van der Waals surface area contributed by atoms with Gasteiger partial charge in [-0.1, -0.05) is 0 Å². The molecule has 0 aliphatic heterocycles. The summed E-state index contributed by atoms with van der Waals surface area (Å²) in [6, 6.07) is 4.20. The molecule has 0 bridgehead atoms. The molecule has 2 aliphatic carbocycles. The zero-order valence-corrected chi connectivity index (χ0v) is 15.1. The van der Waals surface area contributed by atoms with E-state index in [1.807, 2.05) is 12.1 Å². The van der Waals surface area contributed by atoms with Crippen molar-refractivity contribution < 1.29 is 4.79 Å². The van der Waals surface area contributed by atoms with Crippen LogP contribution in [0.15, 0.2) is 24.5 Å². The van der Waals surface area contributed by atoms with Gasteiger partial charge in [-0.3, -0.25) is 9.78 Å². The number of nitrogens with zero attached hydrogens (tertiary/aromatic N) is 4. The molecule has 7 heteroatoms. The molecule has 1 fully saturated rings. The summed E-state index contributed by atoms with van der Waals surface area (Å²) in [6.07, 6.45) is 9.03. The summed E-state index contributed by atoms with van der Waals surface area (Å²) >= 11 is 1.76. The SMILES string of the molecule is NC(=O)CN(c1nc(-c2cccnc2)nc2sc3c(c12)CCC3)C1CC1. The molecule has 6 nitrogen and oxygen atoms in total. The minimum Gasteiger partial charge on any atom is -0.368 e. The van der Waals surface area contributed by atoms with E-state index in [4.69, 9.17) is 15.7 Å². The lowest BCUT2D eigenvalue weighted by molar-refractivity contribution is -0.116. The predicted octanol–water partition coefficient (Wildman–Crippen LogP) is 2.70. The van der Waals surface area contributed by atoms with Gasteiger partial charge in [0.25, 0.3) is 0 Å². The maximum Gasteiger partial charge on any atom is 0.237 e. The first-order valence-electron chi connectivity index (χ1n) is 8.98. The molecule has 1 amide bonds. The number of primary amides is 1. The van der Waals surface area contributed by atoms with Crippen molar-refractivity contribution in [2.45, 2.75) is 38.1 Å². The van der Waals surface area contributed by atoms with Gasteiger partial charge in [0.15, 0.2) is 5.82 Å². The van der Waals surface area contributed by atoms with E-state index in [0.717, 1.165) is 47.3 Å². The van der Waals surface area contributed by atoms with E-state index in [1.54, 1.807) is 23.7 Å². The Hall–Kier alpha value is -2.54. The number of nitrogens with two attached hydrogens (primary N) is 1. The number of hydrogen-bond donors (Lipinski definition) is 1. The molecule has 1 saturated carbocycles. The largest absolute Gasteiger partial charge is 0.368 e. The van der Waals surface area contributed by atoms with E-state index >= 15 is 0 Å². The minimum atomic E-state index is -0.321. The van der Waals surface area contributed by atoms with Crippen molar-refractivity contribution in [2.24, 2.45) is 5.73 Å². The highest BCUT2D eigenvalue weighted by atomic mass is 32.1. The topological polar surface area (TPSA) is 85.0 Å². The Morgan fingerprint density at radius 3 is 2.92 bits per heavy atom. The first-order chi connectivity index (χ1) is 12.7. The van der Waals surface area contributed by atoms with Crippen LogP contribution in [-0.4, -0.2) is 33.4 Å². The van der Waals surface area contributed by atoms with Gasteiger partial charge in [-0.25, -0.2) is 9.97 Å². The molecule has 0 saturated heterocycles. The quantitative estimate of drug-likeness (QED) is 0.751. The van der Waals surface area contributed by atoms with Crippen LogP contribution in [0.2, 0.25) is 0 Å². The molecule has 0 spiro atoms. The van der Waals surface area contributed by atoms with E-state index in [1.165, 1.54) is 16.9 Å². The second kappa shape index (κ2) is 6.02. The van der Waals surface area contributed by atoms with Gasteiger partial charge >= 0.3 is 0 Å². The highest BCUT2D eigenvalue weighted by molar-refractivity contribution is 7.19. The molecule has 3 aromatic rings. The second-order valence-corrected chi connectivity index (χ2v) is 8.06. The molecule has 2 N–H and O–H groups in total. The molecule has 0 unspecified atom stereocenters. The Morgan fingerprint density at radius 2 is 2.19 bits per heavy atom. The van der Waals surface area contributed by atoms with E-state index in [-0.39, 0.29) is 12.5 Å². The first kappa shape index (κ1) is 15.7. The molecule has 26 heavy (non-hydrogen) atoms. The summed E-state index contributed by atoms with van der Waals surface area (Å²) in [6.45, 7) is 0.202. The molecule has 3 heterocycles. The van der Waals surface area contributed by atoms with Crippen molar-refractivity contribution >= 4 is 33.3 Å². The number of carbonyl (C=O) groups excluding carboxylic acids is 1. The second-order valence-electron chi connectivity index (χ2n) is 6.98. The summed E-state index contributed by atoms with van der Waals surface area (Å²) in [7, 11) is 0. The van der Waals surface area contributed by atoms with E-state index in [2.05, 4.69) is 9.88 Å². The van der Waals surface area contributed by atoms with Crippen molar-refractivity contribution in [3.8, 4) is 11.4 Å². The zero-order valence-electron chi connectivity index (χ0n) is 14.3. The Labute approximate surface area is 155 Å². The molecule has 5 rings (SSSR count). The number of carbonyl (C=O) groups is 1. The fraction of sp³-hybridized carbons (Fsp3) is 0.368. The number of amides is 1. The predicted molar refractivity (Wildman–Crippen MR) is 102 cm³/mol. The highest BCUT2D eigenvalue weighted by Gasteiger charge is 2.34. The lowest BCUT2D eigenvalue weighted by atomic mass is 10.1. The van der Waals surface area contributed by atoms with Crippen LogP contribution in [0.25, 0.3) is 21.6 Å². The smallest absolute Gasteiger partial charge is 0.237 e. The van der Waals surface area contributed by atoms with Gasteiger partial charge in [0, 0.05) is 28.9 Å². The molecule has 132 valence electrons. The van der Waals surface area contributed by atoms with Crippen molar-refractivity contribution in [3.63, 3.8) is 0 Å². The average Bonchev–Trinajstić information content (AvgIpc) is 3.28. The number of aromatic nitrogens is 3. The lowest BCUT2D eigenvalue weighted by Crippen LogP contribution is -2.36. The fourth-order valence-corrected chi connectivity index (χ4v) is 5.00. The fourth-order valence-electron chi connectivity index (χ4n) is 3.74. The van der Waals surface area contributed by atoms with Gasteiger partial charge in [0.05, 0.1) is 11.9 Å². The van der Waals surface area contributed by atoms with Crippen molar-refractivity contribution in [3.05, 3.63) is 35.0 Å². The van der Waals surface area contributed by atoms with Gasteiger partial charge in [0.2, 0.25) is 5.91 Å². The number of anilines is 1. The van der Waals surface area contributed by atoms with Gasteiger partial charge < -0.3 is 10.6 Å². The van der Waals surface area contributed by atoms with Crippen molar-refractivity contribution in [1.29, 1.82) is 0 Å². The van der Waals surface area contributed by atoms with Gasteiger partial charge in [0.1, 0.15) is 10.6 Å². The third kappa shape index (κ3) is 2.63. The number of rotatable bonds is 5. The molecular weight excluding hydrogens is 346 g/mol. The summed E-state index contributed by atoms with van der Waals surface area (Å²) in [4.78, 5) is 30.2. The van der Waals surface area contributed by atoms with E-state index in [0.29, 0.717) is 11.9 Å². The van der Waals surface area contributed by atoms with Crippen LogP contribution in [0, 0.1) is 0 Å². The van der Waals surface area contributed by atoms with Crippen LogP contribution >= 0.6 is 11.3 Å². The summed E-state index contributed by atoms with van der Waals surface area (Å²) in [5, 5.41) is 1.13. The zero-order chi connectivity index (χ0) is 17.7. The third-order valence-corrected chi connectivity index (χ3v) is 6.24. The summed E-state index contributed by atoms with van der Waals surface area (Å²) in [5.74, 6) is 1.21. The Morgan fingerprint density at radius 1 is 1.31 bits per heavy atom. The number of fused-ring (bicyclic) bond motifs is 3. The van der Waals surface area contributed by atoms with Crippen molar-refractivity contribution in [2.75, 3.05) is 11.4 Å². The summed E-state index contributed by atoms with van der Waals surface area (Å²) in [5.41, 5.74) is 7.80. The third-order valence-electron chi connectivity index (χ3n) is 5.05. The number of pyridine rings is 1. The van der Waals surface area contributed by atoms with Crippen LogP contribution in [-0.2, 0) is 17.6 Å². The molecular formula is C19H19N5OS. The van der Waals surface area contributed by atoms with E-state index < -0.39 is 0 Å². The molecule has 0 aromatic carbocycles. The summed E-state index contributed by atoms with van der Waals surface area (Å²) < 4.78 is 0. The van der Waals surface area contributed by atoms with Gasteiger partial charge in [-0.15, -0.1) is 11.3 Å². The molecule has 0 atom stereocenters. The standard InChI is InChI=1S/C19H19N5OS/c20-15(25)10-24(12-6-7-12)18-16-13-4-1-5-14(13)26-19(16)23-17(22-18)11-3-2-8-21-9-11/h2-3,8-9,12H,1,4-7,10H2,(H2,20,25). The maximum atomic E-state index is 11.7. The highest BCUT2D eigenvalue weighted by Crippen LogP contribution is 2.43. The lowest BCUT2D eigenvalue weighted by Gasteiger charge is -2.23. The van der Waals surface area contributed by atoms with Crippen LogP contribution in [0.4, 0.5) is 5.82 Å². The number of hydrogen-bond acceptors (Lipinski definition) is 6. The minimum absolute atomic E-state index is 0.202. The van der Waals surface area contributed by atoms with Gasteiger partial charge in [-0.2, -0.15) is 0 Å². The Balaban J connectivity index is 1.74. The van der Waals surface area contributed by atoms with Crippen LogP contribution in [0.3, 0.4) is 0 Å². The number of thiophene rings is 1. The number of aryl methyl sites for hydroxylation is 2. The average molecular weight is 365 g/mol. The van der Waals surface area contributed by atoms with Crippen LogP contribution in [0.5, 0.6) is 0 Å². The Bertz CT molecular complexity index is 996. The monoisotopic (exact) mass is 365 g/mol. The van der Waals surface area contributed by atoms with Crippen LogP contribution < -0.4 is 10.6 Å². The Kier molecular flexibility index (Phi) is 3.63. The molecule has 3 aromatic heterocycles. The maximum absolute atomic E-state index is 11.7. The van der Waals surface area contributed by atoms with Crippen molar-refractivity contribution in [1.82, 2.24) is 15.0 Å². The van der Waals surface area contributed by atoms with Crippen LogP contribution in [0.1, 0.15) is 29.7 Å². The molecule has 0 radical (unpaired) electrons. The normalized spacial score (nSPS) is 16.0. The van der Waals surface area contributed by atoms with Gasteiger partial charge in [-0.05, 0) is 49.8 Å². The first-order valence-corrected chi connectivity index (χ1v) is 9.80.